The fraction of sp³-hybridized carbons (Fsp3) is 0.0500. The first-order valence-electron chi connectivity index (χ1n) is 8.59. The zero-order valence-corrected chi connectivity index (χ0v) is 19.4. The molecule has 0 aliphatic heterocycles. The summed E-state index contributed by atoms with van der Waals surface area (Å²) in [5, 5.41) is 3.91. The van der Waals surface area contributed by atoms with E-state index in [0.717, 1.165) is 0 Å². The van der Waals surface area contributed by atoms with Gasteiger partial charge < -0.3 is 10.1 Å². The van der Waals surface area contributed by atoms with Crippen molar-refractivity contribution in [2.45, 2.75) is 4.90 Å². The number of carbonyl (C=O) groups excluding carboxylic acids is 1. The van der Waals surface area contributed by atoms with E-state index in [0.29, 0.717) is 26.5 Å². The molecule has 0 radical (unpaired) electrons. The predicted molar refractivity (Wildman–Crippen MR) is 124 cm³/mol. The number of nitrogens with one attached hydrogen (secondary N) is 2. The molecule has 0 aromatic heterocycles. The summed E-state index contributed by atoms with van der Waals surface area (Å²) in [4.78, 5) is 12.0. The van der Waals surface area contributed by atoms with Crippen molar-refractivity contribution in [3.8, 4) is 5.75 Å². The number of sulfonamides is 1. The van der Waals surface area contributed by atoms with Crippen LogP contribution in [0.4, 0.5) is 11.4 Å². The van der Waals surface area contributed by atoms with Crippen LogP contribution in [0, 0.1) is 0 Å². The molecule has 1 amide bonds. The molecule has 2 N–H and O–H groups in total. The summed E-state index contributed by atoms with van der Waals surface area (Å²) < 4.78 is 32.8. The number of halogens is 4. The number of amides is 1. The normalized spacial score (nSPS) is 11.1. The molecule has 0 saturated heterocycles. The Morgan fingerprint density at radius 2 is 1.45 bits per heavy atom. The van der Waals surface area contributed by atoms with Crippen molar-refractivity contribution in [2.75, 3.05) is 16.6 Å². The zero-order chi connectivity index (χ0) is 22.6. The smallest absolute Gasteiger partial charge is 0.262 e. The molecule has 0 bridgehead atoms. The Morgan fingerprint density at radius 1 is 0.806 bits per heavy atom. The molecule has 0 heterocycles. The topological polar surface area (TPSA) is 84.5 Å². The van der Waals surface area contributed by atoms with Crippen LogP contribution in [0.3, 0.4) is 0 Å². The lowest BCUT2D eigenvalue weighted by Gasteiger charge is -2.11. The van der Waals surface area contributed by atoms with E-state index in [2.05, 4.69) is 10.0 Å². The van der Waals surface area contributed by atoms with Gasteiger partial charge in [0, 0.05) is 15.7 Å². The fourth-order valence-corrected chi connectivity index (χ4v) is 4.33. The second-order valence-corrected chi connectivity index (χ2v) is 9.57. The van der Waals surface area contributed by atoms with Crippen LogP contribution in [0.15, 0.2) is 65.6 Å². The largest absolute Gasteiger partial charge is 0.484 e. The molecule has 0 aliphatic rings. The first kappa shape index (κ1) is 23.5. The van der Waals surface area contributed by atoms with Crippen LogP contribution in [0.1, 0.15) is 0 Å². The maximum Gasteiger partial charge on any atom is 0.262 e. The Morgan fingerprint density at radius 3 is 2.06 bits per heavy atom. The lowest BCUT2D eigenvalue weighted by atomic mass is 10.3. The lowest BCUT2D eigenvalue weighted by molar-refractivity contribution is -0.118. The van der Waals surface area contributed by atoms with E-state index in [-0.39, 0.29) is 22.2 Å². The predicted octanol–water partition coefficient (Wildman–Crippen LogP) is 6.12. The maximum absolute atomic E-state index is 12.5. The van der Waals surface area contributed by atoms with E-state index in [1.54, 1.807) is 18.2 Å². The highest BCUT2D eigenvalue weighted by Crippen LogP contribution is 2.27. The lowest BCUT2D eigenvalue weighted by Crippen LogP contribution is -2.20. The highest BCUT2D eigenvalue weighted by molar-refractivity contribution is 7.92. The van der Waals surface area contributed by atoms with Crippen LogP contribution in [0.2, 0.25) is 20.1 Å². The molecule has 11 heteroatoms. The number of benzene rings is 3. The molecule has 0 spiro atoms. The van der Waals surface area contributed by atoms with Gasteiger partial charge in [-0.1, -0.05) is 46.4 Å². The number of anilines is 2. The van der Waals surface area contributed by atoms with Crippen LogP contribution in [-0.4, -0.2) is 20.9 Å². The van der Waals surface area contributed by atoms with Crippen LogP contribution in [0.25, 0.3) is 0 Å². The van der Waals surface area contributed by atoms with E-state index in [4.69, 9.17) is 51.1 Å². The van der Waals surface area contributed by atoms with Crippen molar-refractivity contribution in [3.63, 3.8) is 0 Å². The summed E-state index contributed by atoms with van der Waals surface area (Å²) in [5.41, 5.74) is 0.702. The van der Waals surface area contributed by atoms with E-state index >= 15 is 0 Å². The SMILES string of the molecule is O=C(COc1ccc(S(=O)(=O)Nc2ccc(Cl)c(Cl)c2)cc1)Nc1cc(Cl)cc(Cl)c1. The fourth-order valence-electron chi connectivity index (χ4n) is 2.46. The van der Waals surface area contributed by atoms with Gasteiger partial charge in [0.05, 0.1) is 20.6 Å². The van der Waals surface area contributed by atoms with Gasteiger partial charge >= 0.3 is 0 Å². The first-order valence-corrected chi connectivity index (χ1v) is 11.6. The molecule has 162 valence electrons. The Hall–Kier alpha value is -2.16. The molecule has 3 rings (SSSR count). The Kier molecular flexibility index (Phi) is 7.56. The molecule has 0 aliphatic carbocycles. The van der Waals surface area contributed by atoms with Gasteiger partial charge in [0.1, 0.15) is 5.75 Å². The molecular formula is C20H14Cl4N2O4S. The van der Waals surface area contributed by atoms with E-state index in [1.165, 1.54) is 42.5 Å². The van der Waals surface area contributed by atoms with Crippen molar-refractivity contribution < 1.29 is 17.9 Å². The summed E-state index contributed by atoms with van der Waals surface area (Å²) in [7, 11) is -3.85. The molecular weight excluding hydrogens is 506 g/mol. The third-order valence-electron chi connectivity index (χ3n) is 3.82. The van der Waals surface area contributed by atoms with Crippen LogP contribution < -0.4 is 14.8 Å². The molecule has 3 aromatic carbocycles. The quantitative estimate of drug-likeness (QED) is 0.394. The summed E-state index contributed by atoms with van der Waals surface area (Å²) in [5.74, 6) is -0.121. The number of rotatable bonds is 7. The highest BCUT2D eigenvalue weighted by atomic mass is 35.5. The minimum atomic E-state index is -3.85. The summed E-state index contributed by atoms with van der Waals surface area (Å²) in [6.45, 7) is -0.294. The summed E-state index contributed by atoms with van der Waals surface area (Å²) in [6, 6.07) is 14.6. The van der Waals surface area contributed by atoms with Gasteiger partial charge in [0.25, 0.3) is 15.9 Å². The molecule has 3 aromatic rings. The van der Waals surface area contributed by atoms with Crippen molar-refractivity contribution in [1.82, 2.24) is 0 Å². The molecule has 31 heavy (non-hydrogen) atoms. The second kappa shape index (κ2) is 9.97. The van der Waals surface area contributed by atoms with E-state index in [9.17, 15) is 13.2 Å². The van der Waals surface area contributed by atoms with Crippen molar-refractivity contribution in [2.24, 2.45) is 0 Å². The number of hydrogen-bond donors (Lipinski definition) is 2. The van der Waals surface area contributed by atoms with Gasteiger partial charge in [-0.15, -0.1) is 0 Å². The number of hydrogen-bond acceptors (Lipinski definition) is 4. The molecule has 6 nitrogen and oxygen atoms in total. The van der Waals surface area contributed by atoms with Crippen molar-refractivity contribution in [3.05, 3.63) is 80.8 Å². The second-order valence-electron chi connectivity index (χ2n) is 6.20. The third kappa shape index (κ3) is 6.66. The standard InChI is InChI=1S/C20H14Cl4N2O4S/c21-12-7-13(22)9-15(8-12)25-20(27)11-30-16-2-4-17(5-3-16)31(28,29)26-14-1-6-18(23)19(24)10-14/h1-10,26H,11H2,(H,25,27). The van der Waals surface area contributed by atoms with Gasteiger partial charge in [-0.2, -0.15) is 0 Å². The maximum atomic E-state index is 12.5. The molecule has 0 saturated carbocycles. The minimum Gasteiger partial charge on any atom is -0.484 e. The van der Waals surface area contributed by atoms with Gasteiger partial charge in [-0.25, -0.2) is 8.42 Å². The van der Waals surface area contributed by atoms with Crippen LogP contribution >= 0.6 is 46.4 Å². The minimum absolute atomic E-state index is 0.00365. The first-order chi connectivity index (χ1) is 14.6. The van der Waals surface area contributed by atoms with Crippen molar-refractivity contribution in [1.29, 1.82) is 0 Å². The summed E-state index contributed by atoms with van der Waals surface area (Å²) in [6.07, 6.45) is 0. The number of carbonyl (C=O) groups is 1. The Labute approximate surface area is 199 Å². The van der Waals surface area contributed by atoms with Crippen molar-refractivity contribution >= 4 is 73.7 Å². The van der Waals surface area contributed by atoms with Crippen LogP contribution in [0.5, 0.6) is 5.75 Å². The monoisotopic (exact) mass is 518 g/mol. The van der Waals surface area contributed by atoms with Gasteiger partial charge in [-0.05, 0) is 60.7 Å². The van der Waals surface area contributed by atoms with E-state index in [1.807, 2.05) is 0 Å². The average Bonchev–Trinajstić information content (AvgIpc) is 2.68. The zero-order valence-electron chi connectivity index (χ0n) is 15.5. The van der Waals surface area contributed by atoms with E-state index < -0.39 is 15.9 Å². The average molecular weight is 520 g/mol. The van der Waals surface area contributed by atoms with Gasteiger partial charge in [0.2, 0.25) is 0 Å². The highest BCUT2D eigenvalue weighted by Gasteiger charge is 2.15. The van der Waals surface area contributed by atoms with Gasteiger partial charge in [-0.3, -0.25) is 9.52 Å². The Balaban J connectivity index is 1.60. The molecule has 0 fully saturated rings. The summed E-state index contributed by atoms with van der Waals surface area (Å²) >= 11 is 23.5. The van der Waals surface area contributed by atoms with Gasteiger partial charge in [0.15, 0.2) is 6.61 Å². The van der Waals surface area contributed by atoms with Crippen LogP contribution in [-0.2, 0) is 14.8 Å². The Bertz CT molecular complexity index is 1200. The molecule has 0 unspecified atom stereocenters. The molecule has 0 atom stereocenters. The third-order valence-corrected chi connectivity index (χ3v) is 6.39. The number of ether oxygens (including phenoxy) is 1.